The van der Waals surface area contributed by atoms with Crippen molar-refractivity contribution in [1.29, 1.82) is 0 Å². The van der Waals surface area contributed by atoms with Gasteiger partial charge in [0.2, 0.25) is 5.91 Å². The van der Waals surface area contributed by atoms with Gasteiger partial charge in [0.1, 0.15) is 0 Å². The molecule has 0 bridgehead atoms. The summed E-state index contributed by atoms with van der Waals surface area (Å²) in [6.07, 6.45) is 2.40. The molecule has 1 aromatic rings. The van der Waals surface area contributed by atoms with Crippen LogP contribution in [0.2, 0.25) is 0 Å². The van der Waals surface area contributed by atoms with E-state index in [1.807, 2.05) is 6.92 Å². The fraction of sp³-hybridized carbons (Fsp3) is 0.467. The maximum absolute atomic E-state index is 11.7. The van der Waals surface area contributed by atoms with Crippen LogP contribution in [-0.2, 0) is 15.0 Å². The maximum Gasteiger partial charge on any atom is 0.314 e. The minimum absolute atomic E-state index is 0.00779. The third-order valence-electron chi connectivity index (χ3n) is 3.71. The van der Waals surface area contributed by atoms with Crippen LogP contribution in [0, 0.1) is 0 Å². The number of benzene rings is 1. The molecule has 20 heavy (non-hydrogen) atoms. The van der Waals surface area contributed by atoms with Gasteiger partial charge in [0.25, 0.3) is 0 Å². The van der Waals surface area contributed by atoms with E-state index in [0.717, 1.165) is 5.56 Å². The van der Waals surface area contributed by atoms with Crippen LogP contribution in [0.3, 0.4) is 0 Å². The molecule has 1 aliphatic rings. The lowest BCUT2D eigenvalue weighted by molar-refractivity contribution is -0.140. The van der Waals surface area contributed by atoms with Crippen LogP contribution >= 0.6 is 0 Å². The van der Waals surface area contributed by atoms with Crippen molar-refractivity contribution < 1.29 is 14.7 Å². The predicted octanol–water partition coefficient (Wildman–Crippen LogP) is 1.87. The third kappa shape index (κ3) is 3.17. The Morgan fingerprint density at radius 3 is 2.40 bits per heavy atom. The van der Waals surface area contributed by atoms with Crippen LogP contribution in [0.4, 0.5) is 5.69 Å². The van der Waals surface area contributed by atoms with Crippen LogP contribution in [0.1, 0.15) is 38.2 Å². The molecule has 1 amide bonds. The average molecular weight is 276 g/mol. The number of carboxylic acids is 1. The summed E-state index contributed by atoms with van der Waals surface area (Å²) in [6, 6.07) is 7.07. The number of carbonyl (C=O) groups excluding carboxylic acids is 1. The molecule has 0 heterocycles. The molecule has 1 saturated carbocycles. The van der Waals surface area contributed by atoms with E-state index in [1.165, 1.54) is 0 Å². The van der Waals surface area contributed by atoms with Gasteiger partial charge in [0.05, 0.1) is 5.41 Å². The second-order valence-electron chi connectivity index (χ2n) is 5.53. The number of carboxylic acid groups (broad SMARTS) is 1. The van der Waals surface area contributed by atoms with Crippen molar-refractivity contribution in [2.75, 3.05) is 5.32 Å². The number of carbonyl (C=O) groups is 2. The molecular formula is C15H20N2O3. The Bertz CT molecular complexity index is 504. The van der Waals surface area contributed by atoms with E-state index in [-0.39, 0.29) is 11.9 Å². The molecule has 108 valence electrons. The first-order valence-electron chi connectivity index (χ1n) is 6.83. The molecule has 1 unspecified atom stereocenters. The van der Waals surface area contributed by atoms with Crippen molar-refractivity contribution in [3.05, 3.63) is 29.8 Å². The van der Waals surface area contributed by atoms with Gasteiger partial charge in [0, 0.05) is 18.2 Å². The molecule has 0 radical (unpaired) electrons. The largest absolute Gasteiger partial charge is 0.481 e. The zero-order valence-electron chi connectivity index (χ0n) is 11.6. The molecule has 0 aliphatic heterocycles. The predicted molar refractivity (Wildman–Crippen MR) is 76.5 cm³/mol. The lowest BCUT2D eigenvalue weighted by Crippen LogP contribution is -2.20. The summed E-state index contributed by atoms with van der Waals surface area (Å²) >= 11 is 0. The molecule has 5 heteroatoms. The quantitative estimate of drug-likeness (QED) is 0.739. The Morgan fingerprint density at radius 2 is 1.95 bits per heavy atom. The maximum atomic E-state index is 11.7. The molecule has 4 N–H and O–H groups in total. The smallest absolute Gasteiger partial charge is 0.314 e. The summed E-state index contributed by atoms with van der Waals surface area (Å²) in [6.45, 7) is 1.86. The number of anilines is 1. The standard InChI is InChI=1S/C15H20N2O3/c1-10(16)2-7-13(18)17-12-5-3-11(4-6-12)15(8-9-15)14(19)20/h3-6,10H,2,7-9,16H2,1H3,(H,17,18)(H,19,20). The normalized spacial score (nSPS) is 17.3. The minimum atomic E-state index is -0.772. The van der Waals surface area contributed by atoms with E-state index >= 15 is 0 Å². The van der Waals surface area contributed by atoms with Crippen LogP contribution < -0.4 is 11.1 Å². The van der Waals surface area contributed by atoms with E-state index in [1.54, 1.807) is 24.3 Å². The van der Waals surface area contributed by atoms with E-state index in [2.05, 4.69) is 5.32 Å². The summed E-state index contributed by atoms with van der Waals surface area (Å²) in [5.74, 6) is -0.847. The van der Waals surface area contributed by atoms with Crippen LogP contribution in [0.5, 0.6) is 0 Å². The van der Waals surface area contributed by atoms with Crippen molar-refractivity contribution in [2.45, 2.75) is 44.1 Å². The zero-order chi connectivity index (χ0) is 14.8. The van der Waals surface area contributed by atoms with Gasteiger partial charge in [-0.3, -0.25) is 9.59 Å². The van der Waals surface area contributed by atoms with Gasteiger partial charge in [-0.15, -0.1) is 0 Å². The second-order valence-corrected chi connectivity index (χ2v) is 5.53. The Morgan fingerprint density at radius 1 is 1.35 bits per heavy atom. The van der Waals surface area contributed by atoms with Crippen molar-refractivity contribution >= 4 is 17.6 Å². The van der Waals surface area contributed by atoms with Gasteiger partial charge >= 0.3 is 5.97 Å². The highest BCUT2D eigenvalue weighted by molar-refractivity contribution is 5.91. The van der Waals surface area contributed by atoms with Crippen molar-refractivity contribution in [1.82, 2.24) is 0 Å². The second kappa shape index (κ2) is 5.63. The van der Waals surface area contributed by atoms with Crippen LogP contribution in [-0.4, -0.2) is 23.0 Å². The number of aliphatic carboxylic acids is 1. The van der Waals surface area contributed by atoms with Gasteiger partial charge in [-0.1, -0.05) is 12.1 Å². The number of hydrogen-bond acceptors (Lipinski definition) is 3. The van der Waals surface area contributed by atoms with Crippen LogP contribution in [0.15, 0.2) is 24.3 Å². The van der Waals surface area contributed by atoms with E-state index in [0.29, 0.717) is 31.4 Å². The fourth-order valence-corrected chi connectivity index (χ4v) is 2.21. The molecule has 1 atom stereocenters. The molecule has 1 aliphatic carbocycles. The van der Waals surface area contributed by atoms with Gasteiger partial charge in [-0.05, 0) is 43.9 Å². The fourth-order valence-electron chi connectivity index (χ4n) is 2.21. The van der Waals surface area contributed by atoms with Gasteiger partial charge < -0.3 is 16.2 Å². The molecule has 0 spiro atoms. The average Bonchev–Trinajstić information content (AvgIpc) is 3.19. The summed E-state index contributed by atoms with van der Waals surface area (Å²) in [7, 11) is 0. The monoisotopic (exact) mass is 276 g/mol. The van der Waals surface area contributed by atoms with E-state index in [4.69, 9.17) is 5.73 Å². The van der Waals surface area contributed by atoms with Crippen molar-refractivity contribution in [3.8, 4) is 0 Å². The summed E-state index contributed by atoms with van der Waals surface area (Å²) < 4.78 is 0. The first-order chi connectivity index (χ1) is 9.44. The highest BCUT2D eigenvalue weighted by Gasteiger charge is 2.51. The summed E-state index contributed by atoms with van der Waals surface area (Å²) in [5, 5.41) is 12.0. The third-order valence-corrected chi connectivity index (χ3v) is 3.71. The molecular weight excluding hydrogens is 256 g/mol. The number of nitrogens with two attached hydrogens (primary N) is 1. The number of amides is 1. The molecule has 1 fully saturated rings. The van der Waals surface area contributed by atoms with Crippen molar-refractivity contribution in [2.24, 2.45) is 5.73 Å². The lowest BCUT2D eigenvalue weighted by Gasteiger charge is -2.11. The van der Waals surface area contributed by atoms with E-state index in [9.17, 15) is 14.7 Å². The molecule has 0 saturated heterocycles. The topological polar surface area (TPSA) is 92.4 Å². The number of hydrogen-bond donors (Lipinski definition) is 3. The summed E-state index contributed by atoms with van der Waals surface area (Å²) in [5.41, 5.74) is 6.39. The first-order valence-corrected chi connectivity index (χ1v) is 6.83. The molecule has 1 aromatic carbocycles. The molecule has 2 rings (SSSR count). The lowest BCUT2D eigenvalue weighted by atomic mass is 9.96. The van der Waals surface area contributed by atoms with Crippen molar-refractivity contribution in [3.63, 3.8) is 0 Å². The number of nitrogens with one attached hydrogen (secondary N) is 1. The van der Waals surface area contributed by atoms with Gasteiger partial charge in [0.15, 0.2) is 0 Å². The minimum Gasteiger partial charge on any atom is -0.481 e. The highest BCUT2D eigenvalue weighted by Crippen LogP contribution is 2.48. The molecule has 5 nitrogen and oxygen atoms in total. The summed E-state index contributed by atoms with van der Waals surface area (Å²) in [4.78, 5) is 22.9. The zero-order valence-corrected chi connectivity index (χ0v) is 11.6. The Hall–Kier alpha value is -1.88. The first kappa shape index (κ1) is 14.5. The van der Waals surface area contributed by atoms with Gasteiger partial charge in [-0.2, -0.15) is 0 Å². The Balaban J connectivity index is 1.95. The van der Waals surface area contributed by atoms with Crippen LogP contribution in [0.25, 0.3) is 0 Å². The number of rotatable bonds is 6. The SMILES string of the molecule is CC(N)CCC(=O)Nc1ccc(C2(C(=O)O)CC2)cc1. The van der Waals surface area contributed by atoms with E-state index < -0.39 is 11.4 Å². The molecule has 0 aromatic heterocycles. The van der Waals surface area contributed by atoms with Gasteiger partial charge in [-0.25, -0.2) is 0 Å². The Kier molecular flexibility index (Phi) is 4.09. The highest BCUT2D eigenvalue weighted by atomic mass is 16.4. The Labute approximate surface area is 118 Å².